The molecule has 1 aromatic rings. The standard InChI is InChI=1S/C15H14O3.C11H23N/c1-3-13(16)9(2)12-8-14(17)15(18)11-7-5-4-6-10(11)12;1-4-7-10-12(9-6-3)11-8-5-2/h3-9,16H,1-2H3;6,9H,4-5,7-8,10-11H2,1-3H3/b13-3+;9-6+. The van der Waals surface area contributed by atoms with Crippen LogP contribution in [0.4, 0.5) is 0 Å². The van der Waals surface area contributed by atoms with Crippen LogP contribution < -0.4 is 0 Å². The first kappa shape index (κ1) is 25.4. The summed E-state index contributed by atoms with van der Waals surface area (Å²) in [5, 5.41) is 9.78. The van der Waals surface area contributed by atoms with Gasteiger partial charge in [0.2, 0.25) is 11.6 Å². The number of benzene rings is 1. The summed E-state index contributed by atoms with van der Waals surface area (Å²) in [4.78, 5) is 25.8. The van der Waals surface area contributed by atoms with Crippen molar-refractivity contribution in [2.24, 2.45) is 5.92 Å². The van der Waals surface area contributed by atoms with Gasteiger partial charge in [-0.25, -0.2) is 0 Å². The number of unbranched alkanes of at least 4 members (excludes halogenated alkanes) is 2. The first-order valence-corrected chi connectivity index (χ1v) is 11.0. The van der Waals surface area contributed by atoms with Crippen LogP contribution in [0.3, 0.4) is 0 Å². The Kier molecular flexibility index (Phi) is 11.5. The van der Waals surface area contributed by atoms with Crippen molar-refractivity contribution in [2.45, 2.75) is 60.3 Å². The van der Waals surface area contributed by atoms with Crippen molar-refractivity contribution in [1.82, 2.24) is 4.90 Å². The van der Waals surface area contributed by atoms with E-state index in [2.05, 4.69) is 37.9 Å². The molecule has 0 amide bonds. The first-order valence-electron chi connectivity index (χ1n) is 11.0. The number of nitrogens with zero attached hydrogens (tertiary/aromatic N) is 1. The highest BCUT2D eigenvalue weighted by atomic mass is 16.3. The number of aliphatic hydroxyl groups is 1. The number of rotatable bonds is 9. The van der Waals surface area contributed by atoms with Gasteiger partial charge in [-0.15, -0.1) is 0 Å². The molecule has 1 unspecified atom stereocenters. The van der Waals surface area contributed by atoms with E-state index in [4.69, 9.17) is 0 Å². The molecule has 0 radical (unpaired) electrons. The van der Waals surface area contributed by atoms with Crippen molar-refractivity contribution in [3.05, 3.63) is 65.6 Å². The third kappa shape index (κ3) is 7.33. The highest BCUT2D eigenvalue weighted by Crippen LogP contribution is 2.33. The number of hydrogen-bond donors (Lipinski definition) is 1. The van der Waals surface area contributed by atoms with E-state index >= 15 is 0 Å². The van der Waals surface area contributed by atoms with Crippen LogP contribution >= 0.6 is 0 Å². The summed E-state index contributed by atoms with van der Waals surface area (Å²) in [7, 11) is 0. The maximum Gasteiger partial charge on any atom is 0.233 e. The molecule has 0 fully saturated rings. The maximum atomic E-state index is 11.8. The molecule has 0 bridgehead atoms. The van der Waals surface area contributed by atoms with E-state index in [1.54, 1.807) is 38.1 Å². The molecule has 0 saturated heterocycles. The van der Waals surface area contributed by atoms with Gasteiger partial charge in [0.25, 0.3) is 0 Å². The van der Waals surface area contributed by atoms with Gasteiger partial charge in [-0.2, -0.15) is 0 Å². The maximum absolute atomic E-state index is 11.8. The molecule has 4 nitrogen and oxygen atoms in total. The quantitative estimate of drug-likeness (QED) is 0.380. The van der Waals surface area contributed by atoms with E-state index in [-0.39, 0.29) is 11.7 Å². The lowest BCUT2D eigenvalue weighted by Gasteiger charge is -2.21. The average Bonchev–Trinajstić information content (AvgIpc) is 2.77. The van der Waals surface area contributed by atoms with Gasteiger partial charge in [0.1, 0.15) is 0 Å². The average molecular weight is 412 g/mol. The van der Waals surface area contributed by atoms with E-state index in [9.17, 15) is 14.7 Å². The summed E-state index contributed by atoms with van der Waals surface area (Å²) in [6.45, 7) is 12.6. The van der Waals surface area contributed by atoms with Gasteiger partial charge < -0.3 is 10.0 Å². The zero-order valence-corrected chi connectivity index (χ0v) is 19.1. The van der Waals surface area contributed by atoms with E-state index in [1.165, 1.54) is 44.8 Å². The minimum Gasteiger partial charge on any atom is -0.512 e. The Morgan fingerprint density at radius 3 is 2.10 bits per heavy atom. The van der Waals surface area contributed by atoms with Gasteiger partial charge in [0, 0.05) is 24.6 Å². The molecule has 1 aliphatic carbocycles. The zero-order chi connectivity index (χ0) is 22.5. The molecule has 0 aliphatic heterocycles. The predicted octanol–water partition coefficient (Wildman–Crippen LogP) is 6.36. The molecule has 1 aliphatic rings. The number of allylic oxidation sites excluding steroid dienone is 4. The van der Waals surface area contributed by atoms with Crippen molar-refractivity contribution in [3.8, 4) is 0 Å². The van der Waals surface area contributed by atoms with Crippen LogP contribution in [0.5, 0.6) is 0 Å². The molecule has 2 rings (SSSR count). The monoisotopic (exact) mass is 411 g/mol. The highest BCUT2D eigenvalue weighted by Gasteiger charge is 2.28. The summed E-state index contributed by atoms with van der Waals surface area (Å²) in [6, 6.07) is 6.98. The predicted molar refractivity (Wildman–Crippen MR) is 126 cm³/mol. The topological polar surface area (TPSA) is 57.6 Å². The number of aliphatic hydroxyl groups excluding tert-OH is 1. The fraction of sp³-hybridized carbons (Fsp3) is 0.462. The van der Waals surface area contributed by atoms with Gasteiger partial charge in [-0.1, -0.05) is 64.0 Å². The lowest BCUT2D eigenvalue weighted by molar-refractivity contribution is -0.111. The number of ketones is 2. The normalized spacial score (nSPS) is 14.7. The Bertz CT molecular complexity index is 781. The summed E-state index contributed by atoms with van der Waals surface area (Å²) < 4.78 is 0. The first-order chi connectivity index (χ1) is 14.4. The molecule has 1 aromatic carbocycles. The lowest BCUT2D eigenvalue weighted by atomic mass is 9.82. The Morgan fingerprint density at radius 2 is 1.60 bits per heavy atom. The van der Waals surface area contributed by atoms with Crippen LogP contribution in [0.1, 0.15) is 76.2 Å². The fourth-order valence-corrected chi connectivity index (χ4v) is 3.31. The number of hydrogen-bond acceptors (Lipinski definition) is 4. The van der Waals surface area contributed by atoms with Crippen LogP contribution in [-0.2, 0) is 4.79 Å². The molecule has 4 heteroatoms. The van der Waals surface area contributed by atoms with Crippen LogP contribution in [0.15, 0.2) is 54.5 Å². The second-order valence-corrected chi connectivity index (χ2v) is 7.50. The minimum atomic E-state index is -0.528. The van der Waals surface area contributed by atoms with Gasteiger partial charge in [0.15, 0.2) is 0 Å². The summed E-state index contributed by atoms with van der Waals surface area (Å²) >= 11 is 0. The Labute approximate surface area is 182 Å². The SMILES string of the molecule is C/C=C(/O)C(C)C1=CC(=O)C(=O)c2ccccc21.C/C=C/N(CCCC)CCCC. The molecule has 30 heavy (non-hydrogen) atoms. The van der Waals surface area contributed by atoms with Gasteiger partial charge >= 0.3 is 0 Å². The Morgan fingerprint density at radius 1 is 1.03 bits per heavy atom. The molecule has 164 valence electrons. The fourth-order valence-electron chi connectivity index (χ4n) is 3.31. The molecule has 1 N–H and O–H groups in total. The van der Waals surface area contributed by atoms with Crippen molar-refractivity contribution >= 4 is 17.1 Å². The van der Waals surface area contributed by atoms with Gasteiger partial charge in [0.05, 0.1) is 5.76 Å². The smallest absolute Gasteiger partial charge is 0.233 e. The molecular weight excluding hydrogens is 374 g/mol. The highest BCUT2D eigenvalue weighted by molar-refractivity contribution is 6.50. The van der Waals surface area contributed by atoms with E-state index in [0.29, 0.717) is 11.1 Å². The minimum absolute atomic E-state index is 0.193. The van der Waals surface area contributed by atoms with Crippen LogP contribution in [0.2, 0.25) is 0 Å². The molecule has 0 saturated carbocycles. The molecular formula is C26H37NO3. The van der Waals surface area contributed by atoms with Crippen molar-refractivity contribution in [3.63, 3.8) is 0 Å². The van der Waals surface area contributed by atoms with Crippen molar-refractivity contribution in [1.29, 1.82) is 0 Å². The lowest BCUT2D eigenvalue weighted by Crippen LogP contribution is -2.21. The third-order valence-corrected chi connectivity index (χ3v) is 5.16. The Balaban J connectivity index is 0.000000329. The van der Waals surface area contributed by atoms with Crippen molar-refractivity contribution in [2.75, 3.05) is 13.1 Å². The second-order valence-electron chi connectivity index (χ2n) is 7.50. The summed E-state index contributed by atoms with van der Waals surface area (Å²) in [5.74, 6) is -1.12. The molecule has 0 spiro atoms. The number of Topliss-reactive ketones (excluding diaryl/α,β-unsaturated/α-hetero) is 1. The van der Waals surface area contributed by atoms with E-state index in [0.717, 1.165) is 5.56 Å². The van der Waals surface area contributed by atoms with Gasteiger partial charge in [-0.05, 0) is 56.2 Å². The number of carbonyl (C=O) groups excluding carboxylic acids is 2. The Hall–Kier alpha value is -2.62. The van der Waals surface area contributed by atoms with Gasteiger partial charge in [-0.3, -0.25) is 9.59 Å². The summed E-state index contributed by atoms with van der Waals surface area (Å²) in [5.41, 5.74) is 1.82. The molecule has 0 heterocycles. The number of carbonyl (C=O) groups is 2. The number of fused-ring (bicyclic) bond motifs is 1. The largest absolute Gasteiger partial charge is 0.512 e. The van der Waals surface area contributed by atoms with Crippen LogP contribution in [0, 0.1) is 5.92 Å². The summed E-state index contributed by atoms with van der Waals surface area (Å²) in [6.07, 6.45) is 12.5. The molecule has 1 atom stereocenters. The zero-order valence-electron chi connectivity index (χ0n) is 19.1. The van der Waals surface area contributed by atoms with Crippen LogP contribution in [-0.4, -0.2) is 34.7 Å². The third-order valence-electron chi connectivity index (χ3n) is 5.16. The second kappa shape index (κ2) is 13.6. The molecule has 0 aromatic heterocycles. The van der Waals surface area contributed by atoms with Crippen molar-refractivity contribution < 1.29 is 14.7 Å². The van der Waals surface area contributed by atoms with Crippen LogP contribution in [0.25, 0.3) is 5.57 Å². The van der Waals surface area contributed by atoms with E-state index < -0.39 is 11.6 Å². The van der Waals surface area contributed by atoms with E-state index in [1.807, 2.05) is 6.07 Å².